The molecule has 1 aliphatic carbocycles. The van der Waals surface area contributed by atoms with Crippen molar-refractivity contribution in [1.29, 1.82) is 0 Å². The maximum absolute atomic E-state index is 6.01. The number of hydrogen-bond donors (Lipinski definition) is 1. The minimum absolute atomic E-state index is 0.449. The minimum Gasteiger partial charge on any atom is -0.493 e. The van der Waals surface area contributed by atoms with Crippen LogP contribution in [0.5, 0.6) is 11.5 Å². The normalized spacial score (nSPS) is 17.7. The van der Waals surface area contributed by atoms with Crippen molar-refractivity contribution in [2.24, 2.45) is 5.92 Å². The van der Waals surface area contributed by atoms with Crippen molar-refractivity contribution in [2.45, 2.75) is 45.1 Å². The van der Waals surface area contributed by atoms with Crippen LogP contribution in [-0.4, -0.2) is 26.3 Å². The van der Waals surface area contributed by atoms with E-state index in [9.17, 15) is 0 Å². The molecule has 1 saturated carbocycles. The molecule has 1 aliphatic rings. The van der Waals surface area contributed by atoms with Crippen molar-refractivity contribution >= 4 is 0 Å². The van der Waals surface area contributed by atoms with Gasteiger partial charge < -0.3 is 14.8 Å². The Labute approximate surface area is 122 Å². The quantitative estimate of drug-likeness (QED) is 0.825. The van der Waals surface area contributed by atoms with E-state index in [1.165, 1.54) is 32.1 Å². The van der Waals surface area contributed by atoms with Crippen LogP contribution in [0.4, 0.5) is 0 Å². The lowest BCUT2D eigenvalue weighted by Gasteiger charge is -2.30. The molecule has 0 heterocycles. The summed E-state index contributed by atoms with van der Waals surface area (Å²) in [5.74, 6) is 2.40. The molecule has 112 valence electrons. The van der Waals surface area contributed by atoms with Gasteiger partial charge in [-0.2, -0.15) is 0 Å². The first-order valence-electron chi connectivity index (χ1n) is 7.84. The summed E-state index contributed by atoms with van der Waals surface area (Å²) >= 11 is 0. The zero-order valence-electron chi connectivity index (χ0n) is 12.7. The maximum atomic E-state index is 6.01. The molecule has 0 aliphatic heterocycles. The zero-order valence-corrected chi connectivity index (χ0v) is 12.7. The van der Waals surface area contributed by atoms with Crippen LogP contribution in [-0.2, 0) is 0 Å². The van der Waals surface area contributed by atoms with E-state index >= 15 is 0 Å². The van der Waals surface area contributed by atoms with E-state index in [0.29, 0.717) is 6.04 Å². The van der Waals surface area contributed by atoms with Gasteiger partial charge in [-0.15, -0.1) is 0 Å². The molecule has 1 aromatic rings. The van der Waals surface area contributed by atoms with Gasteiger partial charge in [0.1, 0.15) is 6.61 Å². The highest BCUT2D eigenvalue weighted by Crippen LogP contribution is 2.29. The summed E-state index contributed by atoms with van der Waals surface area (Å²) in [4.78, 5) is 0. The second kappa shape index (κ2) is 8.15. The molecule has 2 rings (SSSR count). The van der Waals surface area contributed by atoms with E-state index in [2.05, 4.69) is 12.2 Å². The largest absolute Gasteiger partial charge is 0.493 e. The molecule has 1 aromatic carbocycles. The zero-order chi connectivity index (χ0) is 14.2. The predicted molar refractivity (Wildman–Crippen MR) is 82.5 cm³/mol. The highest BCUT2D eigenvalue weighted by Gasteiger charge is 2.23. The van der Waals surface area contributed by atoms with E-state index in [-0.39, 0.29) is 0 Å². The molecule has 0 amide bonds. The van der Waals surface area contributed by atoms with Gasteiger partial charge in [0.05, 0.1) is 7.11 Å². The molecule has 3 heteroatoms. The molecule has 0 saturated heterocycles. The van der Waals surface area contributed by atoms with Gasteiger partial charge in [0.2, 0.25) is 0 Å². The van der Waals surface area contributed by atoms with E-state index in [1.54, 1.807) is 7.11 Å². The highest BCUT2D eigenvalue weighted by molar-refractivity contribution is 5.39. The van der Waals surface area contributed by atoms with Gasteiger partial charge in [-0.3, -0.25) is 0 Å². The molecule has 1 N–H and O–H groups in total. The van der Waals surface area contributed by atoms with Crippen LogP contribution in [0.2, 0.25) is 0 Å². The number of hydrogen-bond acceptors (Lipinski definition) is 3. The molecular formula is C17H27NO2. The third-order valence-corrected chi connectivity index (χ3v) is 4.17. The van der Waals surface area contributed by atoms with Crippen LogP contribution < -0.4 is 14.8 Å². The van der Waals surface area contributed by atoms with Crippen molar-refractivity contribution in [1.82, 2.24) is 5.32 Å². The summed E-state index contributed by atoms with van der Waals surface area (Å²) in [6, 6.07) is 8.32. The second-order valence-electron chi connectivity index (χ2n) is 5.52. The Kier molecular flexibility index (Phi) is 6.19. The molecule has 0 spiro atoms. The average molecular weight is 277 g/mol. The van der Waals surface area contributed by atoms with E-state index in [1.807, 2.05) is 24.3 Å². The van der Waals surface area contributed by atoms with Crippen LogP contribution in [0.1, 0.15) is 39.0 Å². The topological polar surface area (TPSA) is 30.5 Å². The van der Waals surface area contributed by atoms with E-state index in [0.717, 1.165) is 30.6 Å². The van der Waals surface area contributed by atoms with Gasteiger partial charge in [-0.05, 0) is 37.4 Å². The molecule has 0 radical (unpaired) electrons. The van der Waals surface area contributed by atoms with Crippen LogP contribution in [0, 0.1) is 5.92 Å². The van der Waals surface area contributed by atoms with Gasteiger partial charge >= 0.3 is 0 Å². The van der Waals surface area contributed by atoms with Crippen molar-refractivity contribution in [3.8, 4) is 11.5 Å². The summed E-state index contributed by atoms with van der Waals surface area (Å²) in [7, 11) is 1.69. The minimum atomic E-state index is 0.449. The molecule has 20 heavy (non-hydrogen) atoms. The fourth-order valence-electron chi connectivity index (χ4n) is 3.08. The number of para-hydroxylation sites is 2. The van der Waals surface area contributed by atoms with Crippen LogP contribution in [0.15, 0.2) is 24.3 Å². The molecule has 1 unspecified atom stereocenters. The Hall–Kier alpha value is -1.22. The molecule has 1 fully saturated rings. The van der Waals surface area contributed by atoms with E-state index < -0.39 is 0 Å². The van der Waals surface area contributed by atoms with Gasteiger partial charge in [-0.25, -0.2) is 0 Å². The molecule has 0 aromatic heterocycles. The van der Waals surface area contributed by atoms with Crippen molar-refractivity contribution in [3.63, 3.8) is 0 Å². The van der Waals surface area contributed by atoms with Crippen molar-refractivity contribution in [3.05, 3.63) is 24.3 Å². The number of ether oxygens (including phenoxy) is 2. The van der Waals surface area contributed by atoms with Crippen LogP contribution in [0.25, 0.3) is 0 Å². The van der Waals surface area contributed by atoms with Gasteiger partial charge in [0, 0.05) is 6.04 Å². The van der Waals surface area contributed by atoms with Crippen LogP contribution in [0.3, 0.4) is 0 Å². The lowest BCUT2D eigenvalue weighted by atomic mass is 9.84. The average Bonchev–Trinajstić information content (AvgIpc) is 2.52. The number of rotatable bonds is 7. The predicted octanol–water partition coefficient (Wildman–Crippen LogP) is 3.63. The number of methoxy groups -OCH3 is 1. The van der Waals surface area contributed by atoms with Gasteiger partial charge in [-0.1, -0.05) is 38.3 Å². The Morgan fingerprint density at radius 2 is 1.85 bits per heavy atom. The fraction of sp³-hybridized carbons (Fsp3) is 0.647. The van der Waals surface area contributed by atoms with Gasteiger partial charge in [0.25, 0.3) is 0 Å². The van der Waals surface area contributed by atoms with E-state index in [4.69, 9.17) is 9.47 Å². The smallest absolute Gasteiger partial charge is 0.161 e. The third-order valence-electron chi connectivity index (χ3n) is 4.17. The first-order valence-corrected chi connectivity index (χ1v) is 7.84. The monoisotopic (exact) mass is 277 g/mol. The summed E-state index contributed by atoms with van der Waals surface area (Å²) in [6.07, 6.45) is 6.77. The Morgan fingerprint density at radius 3 is 2.50 bits per heavy atom. The standard InChI is InChI=1S/C17H27NO2/c1-3-18-15(14-9-5-4-6-10-14)13-20-17-12-8-7-11-16(17)19-2/h7-8,11-12,14-15,18H,3-6,9-10,13H2,1-2H3. The van der Waals surface area contributed by atoms with Crippen molar-refractivity contribution < 1.29 is 9.47 Å². The highest BCUT2D eigenvalue weighted by atomic mass is 16.5. The summed E-state index contributed by atoms with van der Waals surface area (Å²) < 4.78 is 11.3. The first kappa shape index (κ1) is 15.2. The number of nitrogens with one attached hydrogen (secondary N) is 1. The SMILES string of the molecule is CCNC(COc1ccccc1OC)C1CCCCC1. The fourth-order valence-corrected chi connectivity index (χ4v) is 3.08. The maximum Gasteiger partial charge on any atom is 0.161 e. The Balaban J connectivity index is 1.93. The molecule has 3 nitrogen and oxygen atoms in total. The third kappa shape index (κ3) is 4.14. The molecule has 0 bridgehead atoms. The molecule has 1 atom stereocenters. The summed E-state index contributed by atoms with van der Waals surface area (Å²) in [6.45, 7) is 3.88. The lowest BCUT2D eigenvalue weighted by molar-refractivity contribution is 0.183. The second-order valence-corrected chi connectivity index (χ2v) is 5.52. The Bertz CT molecular complexity index is 388. The number of likely N-dealkylation sites (N-methyl/N-ethyl adjacent to an activating group) is 1. The number of benzene rings is 1. The van der Waals surface area contributed by atoms with Crippen LogP contribution >= 0.6 is 0 Å². The van der Waals surface area contributed by atoms with Crippen molar-refractivity contribution in [2.75, 3.05) is 20.3 Å². The summed E-state index contributed by atoms with van der Waals surface area (Å²) in [5, 5.41) is 3.59. The summed E-state index contributed by atoms with van der Waals surface area (Å²) in [5.41, 5.74) is 0. The molecular weight excluding hydrogens is 250 g/mol. The lowest BCUT2D eigenvalue weighted by Crippen LogP contribution is -2.41. The first-order chi connectivity index (χ1) is 9.85. The van der Waals surface area contributed by atoms with Gasteiger partial charge in [0.15, 0.2) is 11.5 Å². The Morgan fingerprint density at radius 1 is 1.15 bits per heavy atom.